The van der Waals surface area contributed by atoms with Crippen LogP contribution in [0.5, 0.6) is 0 Å². The summed E-state index contributed by atoms with van der Waals surface area (Å²) in [7, 11) is 0. The van der Waals surface area contributed by atoms with Crippen molar-refractivity contribution in [3.63, 3.8) is 0 Å². The predicted octanol–water partition coefficient (Wildman–Crippen LogP) is 3.27. The number of morpholine rings is 1. The summed E-state index contributed by atoms with van der Waals surface area (Å²) in [6.45, 7) is 5.14. The van der Waals surface area contributed by atoms with E-state index >= 15 is 0 Å². The number of hydrogen-bond acceptors (Lipinski definition) is 2. The number of carbonyl (C=O) groups is 1. The van der Waals surface area contributed by atoms with Gasteiger partial charge in [0, 0.05) is 29.0 Å². The minimum atomic E-state index is 0.0167. The molecule has 3 nitrogen and oxygen atoms in total. The van der Waals surface area contributed by atoms with Crippen LogP contribution in [-0.2, 0) is 4.74 Å². The van der Waals surface area contributed by atoms with E-state index in [9.17, 15) is 4.79 Å². The maximum atomic E-state index is 12.5. The Labute approximate surface area is 127 Å². The van der Waals surface area contributed by atoms with Crippen LogP contribution in [0.2, 0.25) is 5.02 Å². The van der Waals surface area contributed by atoms with E-state index in [1.54, 1.807) is 6.07 Å². The molecule has 2 rings (SSSR count). The zero-order valence-corrected chi connectivity index (χ0v) is 13.4. The number of ether oxygens (including phenoxy) is 1. The highest BCUT2D eigenvalue weighted by Crippen LogP contribution is 2.20. The van der Waals surface area contributed by atoms with E-state index in [0.717, 1.165) is 10.9 Å². The molecule has 1 aliphatic rings. The summed E-state index contributed by atoms with van der Waals surface area (Å²) >= 11 is 9.49. The highest BCUT2D eigenvalue weighted by molar-refractivity contribution is 9.09. The first-order valence-electron chi connectivity index (χ1n) is 6.28. The lowest BCUT2D eigenvalue weighted by molar-refractivity contribution is -0.0559. The molecular weight excluding hydrogens is 330 g/mol. The smallest absolute Gasteiger partial charge is 0.254 e. The van der Waals surface area contributed by atoms with Crippen molar-refractivity contribution >= 4 is 33.4 Å². The van der Waals surface area contributed by atoms with Crippen molar-refractivity contribution in [3.8, 4) is 0 Å². The van der Waals surface area contributed by atoms with Gasteiger partial charge in [-0.05, 0) is 31.5 Å². The molecule has 1 aromatic carbocycles. The van der Waals surface area contributed by atoms with Crippen molar-refractivity contribution in [2.75, 3.05) is 18.4 Å². The van der Waals surface area contributed by atoms with E-state index in [0.29, 0.717) is 23.7 Å². The molecule has 19 heavy (non-hydrogen) atoms. The number of rotatable bonds is 2. The number of aryl methyl sites for hydroxylation is 1. The van der Waals surface area contributed by atoms with Crippen LogP contribution in [0.1, 0.15) is 22.8 Å². The number of carbonyl (C=O) groups excluding carboxylic acids is 1. The molecule has 2 atom stereocenters. The van der Waals surface area contributed by atoms with Crippen molar-refractivity contribution in [1.82, 2.24) is 4.90 Å². The van der Waals surface area contributed by atoms with E-state index in [1.807, 2.05) is 30.9 Å². The molecule has 0 aromatic heterocycles. The fourth-order valence-electron chi connectivity index (χ4n) is 2.20. The van der Waals surface area contributed by atoms with Gasteiger partial charge < -0.3 is 9.64 Å². The van der Waals surface area contributed by atoms with Gasteiger partial charge in [-0.25, -0.2) is 0 Å². The fraction of sp³-hybridized carbons (Fsp3) is 0.500. The Kier molecular flexibility index (Phi) is 4.87. The summed E-state index contributed by atoms with van der Waals surface area (Å²) in [5.74, 6) is 0.0167. The Bertz CT molecular complexity index is 481. The molecule has 5 heteroatoms. The minimum absolute atomic E-state index is 0.0167. The number of amides is 1. The Balaban J connectivity index is 2.16. The van der Waals surface area contributed by atoms with Crippen LogP contribution in [0, 0.1) is 6.92 Å². The largest absolute Gasteiger partial charge is 0.371 e. The standard InChI is InChI=1S/C14H17BrClNO2/c1-9-3-4-11(5-13(9)16)14(18)17-7-10(2)19-12(6-15)8-17/h3-5,10,12H,6-8H2,1-2H3. The van der Waals surface area contributed by atoms with Crippen molar-refractivity contribution in [2.24, 2.45) is 0 Å². The molecule has 0 saturated carbocycles. The number of nitrogens with zero attached hydrogens (tertiary/aromatic N) is 1. The third-order valence-electron chi connectivity index (χ3n) is 3.20. The summed E-state index contributed by atoms with van der Waals surface area (Å²) in [4.78, 5) is 14.3. The second-order valence-corrected chi connectivity index (χ2v) is 5.95. The number of halogens is 2. The lowest BCUT2D eigenvalue weighted by atomic mass is 10.1. The monoisotopic (exact) mass is 345 g/mol. The SMILES string of the molecule is Cc1ccc(C(=O)N2CC(C)OC(CBr)C2)cc1Cl. The summed E-state index contributed by atoms with van der Waals surface area (Å²) in [5, 5.41) is 1.36. The van der Waals surface area contributed by atoms with Gasteiger partial charge in [0.2, 0.25) is 0 Å². The molecule has 104 valence electrons. The minimum Gasteiger partial charge on any atom is -0.371 e. The summed E-state index contributed by atoms with van der Waals surface area (Å²) in [5.41, 5.74) is 1.62. The van der Waals surface area contributed by atoms with Crippen molar-refractivity contribution in [1.29, 1.82) is 0 Å². The summed E-state index contributed by atoms with van der Waals surface area (Å²) in [6, 6.07) is 5.44. The first-order valence-corrected chi connectivity index (χ1v) is 7.78. The Morgan fingerprint density at radius 2 is 2.26 bits per heavy atom. The third-order valence-corrected chi connectivity index (χ3v) is 4.33. The number of hydrogen-bond donors (Lipinski definition) is 0. The van der Waals surface area contributed by atoms with Crippen LogP contribution in [0.25, 0.3) is 0 Å². The first kappa shape index (κ1) is 14.8. The average Bonchev–Trinajstić information content (AvgIpc) is 2.40. The molecule has 1 heterocycles. The maximum Gasteiger partial charge on any atom is 0.254 e. The number of alkyl halides is 1. The van der Waals surface area contributed by atoms with Crippen LogP contribution < -0.4 is 0 Å². The second kappa shape index (κ2) is 6.25. The van der Waals surface area contributed by atoms with Gasteiger partial charge in [-0.15, -0.1) is 0 Å². The molecule has 0 spiro atoms. The van der Waals surface area contributed by atoms with E-state index in [1.165, 1.54) is 0 Å². The highest BCUT2D eigenvalue weighted by atomic mass is 79.9. The lowest BCUT2D eigenvalue weighted by Gasteiger charge is -2.36. The average molecular weight is 347 g/mol. The lowest BCUT2D eigenvalue weighted by Crippen LogP contribution is -2.49. The Morgan fingerprint density at radius 3 is 2.89 bits per heavy atom. The third kappa shape index (κ3) is 3.50. The van der Waals surface area contributed by atoms with Gasteiger partial charge in [0.05, 0.1) is 12.2 Å². The first-order chi connectivity index (χ1) is 9.01. The van der Waals surface area contributed by atoms with Gasteiger partial charge in [0.1, 0.15) is 0 Å². The van der Waals surface area contributed by atoms with E-state index in [4.69, 9.17) is 16.3 Å². The molecule has 2 unspecified atom stereocenters. The normalized spacial score (nSPS) is 23.5. The summed E-state index contributed by atoms with van der Waals surface area (Å²) < 4.78 is 5.73. The van der Waals surface area contributed by atoms with Gasteiger partial charge in [-0.1, -0.05) is 33.6 Å². The van der Waals surface area contributed by atoms with E-state index in [2.05, 4.69) is 15.9 Å². The molecule has 1 saturated heterocycles. The second-order valence-electron chi connectivity index (χ2n) is 4.90. The predicted molar refractivity (Wildman–Crippen MR) is 80.2 cm³/mol. The highest BCUT2D eigenvalue weighted by Gasteiger charge is 2.28. The molecular formula is C14H17BrClNO2. The summed E-state index contributed by atoms with van der Waals surface area (Å²) in [6.07, 6.45) is 0.106. The van der Waals surface area contributed by atoms with Gasteiger partial charge in [0.25, 0.3) is 5.91 Å². The van der Waals surface area contributed by atoms with Gasteiger partial charge >= 0.3 is 0 Å². The zero-order valence-electron chi connectivity index (χ0n) is 11.0. The van der Waals surface area contributed by atoms with Gasteiger partial charge in [-0.3, -0.25) is 4.79 Å². The van der Waals surface area contributed by atoms with E-state index < -0.39 is 0 Å². The maximum absolute atomic E-state index is 12.5. The van der Waals surface area contributed by atoms with Crippen LogP contribution in [0.3, 0.4) is 0 Å². The Hall–Kier alpha value is -0.580. The molecule has 1 aromatic rings. The van der Waals surface area contributed by atoms with Crippen LogP contribution >= 0.6 is 27.5 Å². The van der Waals surface area contributed by atoms with Gasteiger partial charge in [0.15, 0.2) is 0 Å². The van der Waals surface area contributed by atoms with E-state index in [-0.39, 0.29) is 18.1 Å². The molecule has 1 aliphatic heterocycles. The number of benzene rings is 1. The molecule has 1 fully saturated rings. The Morgan fingerprint density at radius 1 is 1.53 bits per heavy atom. The quantitative estimate of drug-likeness (QED) is 0.769. The molecule has 0 radical (unpaired) electrons. The molecule has 0 N–H and O–H groups in total. The fourth-order valence-corrected chi connectivity index (χ4v) is 2.74. The topological polar surface area (TPSA) is 29.5 Å². The van der Waals surface area contributed by atoms with Crippen LogP contribution in [0.15, 0.2) is 18.2 Å². The molecule has 0 bridgehead atoms. The van der Waals surface area contributed by atoms with Crippen molar-refractivity contribution in [3.05, 3.63) is 34.3 Å². The molecule has 1 amide bonds. The van der Waals surface area contributed by atoms with Gasteiger partial charge in [-0.2, -0.15) is 0 Å². The van der Waals surface area contributed by atoms with Crippen LogP contribution in [0.4, 0.5) is 0 Å². The van der Waals surface area contributed by atoms with Crippen LogP contribution in [-0.4, -0.2) is 41.4 Å². The van der Waals surface area contributed by atoms with Crippen molar-refractivity contribution < 1.29 is 9.53 Å². The van der Waals surface area contributed by atoms with Crippen molar-refractivity contribution in [2.45, 2.75) is 26.1 Å². The molecule has 0 aliphatic carbocycles. The zero-order chi connectivity index (χ0) is 14.0.